The zero-order chi connectivity index (χ0) is 18.1. The second kappa shape index (κ2) is 6.63. The van der Waals surface area contributed by atoms with Crippen molar-refractivity contribution in [3.05, 3.63) is 58.3 Å². The van der Waals surface area contributed by atoms with Gasteiger partial charge in [0.15, 0.2) is 5.84 Å². The molecule has 25 heavy (non-hydrogen) atoms. The van der Waals surface area contributed by atoms with E-state index in [1.807, 2.05) is 32.9 Å². The van der Waals surface area contributed by atoms with Gasteiger partial charge in [0.05, 0.1) is 6.61 Å². The van der Waals surface area contributed by atoms with E-state index in [0.29, 0.717) is 12.4 Å². The van der Waals surface area contributed by atoms with Gasteiger partial charge in [0.1, 0.15) is 0 Å². The van der Waals surface area contributed by atoms with Crippen LogP contribution in [0.3, 0.4) is 0 Å². The summed E-state index contributed by atoms with van der Waals surface area (Å²) >= 11 is 0. The molecule has 0 fully saturated rings. The number of amidine groups is 1. The number of oxime groups is 1. The number of fused-ring (bicyclic) bond motifs is 1. The fourth-order valence-corrected chi connectivity index (χ4v) is 3.21. The lowest BCUT2D eigenvalue weighted by Gasteiger charge is -2.31. The van der Waals surface area contributed by atoms with E-state index in [-0.39, 0.29) is 0 Å². The van der Waals surface area contributed by atoms with Gasteiger partial charge < -0.3 is 9.57 Å². The van der Waals surface area contributed by atoms with Crippen molar-refractivity contribution in [3.63, 3.8) is 0 Å². The number of carbonyl (C=O) groups excluding carboxylic acids is 1. The molecule has 1 amide bonds. The van der Waals surface area contributed by atoms with Crippen LogP contribution in [0.2, 0.25) is 0 Å². The molecule has 6 heteroatoms. The molecule has 3 rings (SSSR count). The lowest BCUT2D eigenvalue weighted by Crippen LogP contribution is -2.49. The topological polar surface area (TPSA) is 54.4 Å². The molecule has 0 spiro atoms. The van der Waals surface area contributed by atoms with Gasteiger partial charge in [-0.2, -0.15) is 5.01 Å². The van der Waals surface area contributed by atoms with Gasteiger partial charge in [-0.15, -0.1) is 0 Å². The summed E-state index contributed by atoms with van der Waals surface area (Å²) in [5.74, 6) is 0.601. The molecule has 6 nitrogen and oxygen atoms in total. The third kappa shape index (κ3) is 3.12. The molecule has 0 saturated carbocycles. The van der Waals surface area contributed by atoms with Crippen LogP contribution in [0.1, 0.15) is 36.1 Å². The molecule has 2 aliphatic rings. The Balaban J connectivity index is 2.08. The molecule has 0 N–H and O–H groups in total. The van der Waals surface area contributed by atoms with Crippen LogP contribution in [-0.4, -0.2) is 34.8 Å². The van der Waals surface area contributed by atoms with Crippen LogP contribution in [0.25, 0.3) is 0 Å². The van der Waals surface area contributed by atoms with Gasteiger partial charge in [-0.25, -0.2) is 9.80 Å². The number of rotatable bonds is 2. The highest BCUT2D eigenvalue weighted by molar-refractivity contribution is 6.02. The molecular formula is C19H23N3O3. The first-order chi connectivity index (χ1) is 11.9. The molecule has 2 heterocycles. The summed E-state index contributed by atoms with van der Waals surface area (Å²) in [4.78, 5) is 18.1. The minimum Gasteiger partial charge on any atom is -0.448 e. The summed E-state index contributed by atoms with van der Waals surface area (Å²) in [5.41, 5.74) is 5.29. The van der Waals surface area contributed by atoms with Crippen molar-refractivity contribution >= 4 is 11.9 Å². The number of allylic oxidation sites excluding steroid dienone is 2. The van der Waals surface area contributed by atoms with Crippen molar-refractivity contribution < 1.29 is 14.4 Å². The van der Waals surface area contributed by atoms with Gasteiger partial charge in [0.25, 0.3) is 0 Å². The van der Waals surface area contributed by atoms with Crippen molar-refractivity contribution in [1.82, 2.24) is 10.0 Å². The Bertz CT molecular complexity index is 772. The van der Waals surface area contributed by atoms with Gasteiger partial charge in [-0.3, -0.25) is 0 Å². The Kier molecular flexibility index (Phi) is 4.53. The van der Waals surface area contributed by atoms with Crippen molar-refractivity contribution in [2.75, 3.05) is 6.61 Å². The van der Waals surface area contributed by atoms with Crippen molar-refractivity contribution in [2.45, 2.75) is 40.8 Å². The smallest absolute Gasteiger partial charge is 0.433 e. The first-order valence-corrected chi connectivity index (χ1v) is 8.36. The zero-order valence-electron chi connectivity index (χ0n) is 15.2. The predicted octanol–water partition coefficient (Wildman–Crippen LogP) is 3.78. The number of ether oxygens (including phenoxy) is 1. The molecule has 1 aromatic rings. The summed E-state index contributed by atoms with van der Waals surface area (Å²) in [7, 11) is 0. The van der Waals surface area contributed by atoms with Crippen molar-refractivity contribution in [2.24, 2.45) is 5.16 Å². The van der Waals surface area contributed by atoms with Gasteiger partial charge >= 0.3 is 6.09 Å². The minimum absolute atomic E-state index is 0.296. The summed E-state index contributed by atoms with van der Waals surface area (Å²) in [6.07, 6.45) is 4.50. The van der Waals surface area contributed by atoms with E-state index in [1.165, 1.54) is 10.6 Å². The number of amides is 1. The molecule has 1 aromatic carbocycles. The first kappa shape index (κ1) is 17.1. The Labute approximate surface area is 148 Å². The molecule has 132 valence electrons. The fourth-order valence-electron chi connectivity index (χ4n) is 3.21. The van der Waals surface area contributed by atoms with Crippen LogP contribution in [0.15, 0.2) is 41.2 Å². The van der Waals surface area contributed by atoms with E-state index in [0.717, 1.165) is 22.3 Å². The molecule has 0 saturated heterocycles. The lowest BCUT2D eigenvalue weighted by molar-refractivity contribution is -0.0345. The molecule has 0 radical (unpaired) electrons. The number of hydrazine groups is 1. The van der Waals surface area contributed by atoms with Crippen molar-refractivity contribution in [3.8, 4) is 0 Å². The largest absolute Gasteiger partial charge is 0.448 e. The highest BCUT2D eigenvalue weighted by Gasteiger charge is 2.39. The van der Waals surface area contributed by atoms with E-state index in [9.17, 15) is 4.79 Å². The number of hydrogen-bond donors (Lipinski definition) is 0. The number of hydrogen-bond acceptors (Lipinski definition) is 5. The number of aryl methyl sites for hydroxylation is 3. The number of benzene rings is 1. The number of nitrogens with zero attached hydrogens (tertiary/aromatic N) is 3. The second-order valence-corrected chi connectivity index (χ2v) is 6.30. The summed E-state index contributed by atoms with van der Waals surface area (Å²) in [5, 5.41) is 7.44. The van der Waals surface area contributed by atoms with Gasteiger partial charge in [0.2, 0.25) is 6.23 Å². The van der Waals surface area contributed by atoms with Crippen LogP contribution < -0.4 is 0 Å². The van der Waals surface area contributed by atoms with E-state index in [4.69, 9.17) is 9.57 Å². The van der Waals surface area contributed by atoms with Crippen LogP contribution in [-0.2, 0) is 9.57 Å². The SMILES string of the molecule is CCOC(=O)N1C=CC(C)=C[C@@H]2ON=C(c3c(C)cc(C)cc3C)N21. The molecule has 0 unspecified atom stereocenters. The average Bonchev–Trinajstić information content (AvgIpc) is 2.82. The van der Waals surface area contributed by atoms with Crippen LogP contribution in [0.5, 0.6) is 0 Å². The van der Waals surface area contributed by atoms with Crippen molar-refractivity contribution in [1.29, 1.82) is 0 Å². The van der Waals surface area contributed by atoms with Gasteiger partial charge in [0, 0.05) is 11.8 Å². The average molecular weight is 341 g/mol. The quantitative estimate of drug-likeness (QED) is 0.821. The minimum atomic E-state index is -0.491. The highest BCUT2D eigenvalue weighted by Crippen LogP contribution is 2.29. The van der Waals surface area contributed by atoms with Gasteiger partial charge in [-0.05, 0) is 63.5 Å². The third-order valence-corrected chi connectivity index (χ3v) is 4.18. The summed E-state index contributed by atoms with van der Waals surface area (Å²) in [6, 6.07) is 4.20. The highest BCUT2D eigenvalue weighted by atomic mass is 16.7. The summed E-state index contributed by atoms with van der Waals surface area (Å²) < 4.78 is 5.20. The Morgan fingerprint density at radius 1 is 1.24 bits per heavy atom. The van der Waals surface area contributed by atoms with Gasteiger partial charge in [-0.1, -0.05) is 22.9 Å². The maximum absolute atomic E-state index is 12.5. The van der Waals surface area contributed by atoms with Crippen LogP contribution in [0.4, 0.5) is 4.79 Å². The maximum atomic E-state index is 12.5. The lowest BCUT2D eigenvalue weighted by atomic mass is 9.98. The Morgan fingerprint density at radius 2 is 1.92 bits per heavy atom. The van der Waals surface area contributed by atoms with E-state index >= 15 is 0 Å². The zero-order valence-corrected chi connectivity index (χ0v) is 15.2. The Morgan fingerprint density at radius 3 is 2.56 bits per heavy atom. The number of carbonyl (C=O) groups is 1. The first-order valence-electron chi connectivity index (χ1n) is 8.36. The standard InChI is InChI=1S/C19H23N3O3/c1-6-24-19(23)21-8-7-12(2)11-16-22(21)18(20-25-16)17-14(4)9-13(3)10-15(17)5/h7-11,16H,6H2,1-5H3/t16-/m0/s1. The van der Waals surface area contributed by atoms with E-state index in [2.05, 4.69) is 24.2 Å². The molecule has 2 aliphatic heterocycles. The normalized spacial score (nSPS) is 19.0. The third-order valence-electron chi connectivity index (χ3n) is 4.18. The Hall–Kier alpha value is -2.76. The molecule has 0 aliphatic carbocycles. The second-order valence-electron chi connectivity index (χ2n) is 6.30. The van der Waals surface area contributed by atoms with Crippen LogP contribution >= 0.6 is 0 Å². The van der Waals surface area contributed by atoms with E-state index in [1.54, 1.807) is 18.1 Å². The molecule has 1 atom stereocenters. The molecule has 0 bridgehead atoms. The monoisotopic (exact) mass is 341 g/mol. The van der Waals surface area contributed by atoms with E-state index < -0.39 is 12.3 Å². The molecule has 0 aromatic heterocycles. The summed E-state index contributed by atoms with van der Waals surface area (Å²) in [6.45, 7) is 10.2. The maximum Gasteiger partial charge on any atom is 0.433 e. The molecular weight excluding hydrogens is 318 g/mol. The fraction of sp³-hybridized carbons (Fsp3) is 0.368. The van der Waals surface area contributed by atoms with Crippen LogP contribution in [0, 0.1) is 20.8 Å². The predicted molar refractivity (Wildman–Crippen MR) is 95.7 cm³/mol.